The number of carbonyl (C=O) groups is 1. The zero-order valence-electron chi connectivity index (χ0n) is 21.0. The molecule has 2 heterocycles. The van der Waals surface area contributed by atoms with E-state index in [0.717, 1.165) is 37.6 Å². The number of rotatable bonds is 7. The third-order valence-corrected chi connectivity index (χ3v) is 4.68. The van der Waals surface area contributed by atoms with Gasteiger partial charge in [0.1, 0.15) is 11.4 Å². The average Bonchev–Trinajstić information content (AvgIpc) is 2.68. The van der Waals surface area contributed by atoms with Crippen molar-refractivity contribution in [2.45, 2.75) is 72.3 Å². The largest absolute Gasteiger partial charge is 0.444 e. The van der Waals surface area contributed by atoms with Crippen LogP contribution in [0.5, 0.6) is 0 Å². The van der Waals surface area contributed by atoms with E-state index in [2.05, 4.69) is 43.8 Å². The molecule has 3 N–H and O–H groups in total. The standard InChI is InChI=1S/C23H40N6O3.HI/c1-8-24-20(27-16-23(6,7)28-21(30)32-22(3,4)5)26-14-18-9-10-19(25-13-18)29-11-12-31-17(2)15-29;/h9-10,13,17H,8,11-12,14-16H2,1-7H3,(H,28,30)(H2,24,26,27);1H. The summed E-state index contributed by atoms with van der Waals surface area (Å²) < 4.78 is 11.0. The molecule has 10 heteroatoms. The van der Waals surface area contributed by atoms with Crippen molar-refractivity contribution in [2.75, 3.05) is 37.7 Å². The number of carbonyl (C=O) groups excluding carboxylic acids is 1. The first-order valence-electron chi connectivity index (χ1n) is 11.3. The number of nitrogens with one attached hydrogen (secondary N) is 3. The predicted molar refractivity (Wildman–Crippen MR) is 144 cm³/mol. The number of anilines is 1. The fourth-order valence-electron chi connectivity index (χ4n) is 3.16. The number of hydrogen-bond acceptors (Lipinski definition) is 6. The molecule has 0 aliphatic carbocycles. The number of alkyl carbamates (subject to hydrolysis) is 1. The lowest BCUT2D eigenvalue weighted by Gasteiger charge is -2.32. The van der Waals surface area contributed by atoms with Gasteiger partial charge in [-0.2, -0.15) is 0 Å². The average molecular weight is 577 g/mol. The Labute approximate surface area is 215 Å². The molecule has 1 atom stereocenters. The summed E-state index contributed by atoms with van der Waals surface area (Å²) in [4.78, 5) is 23.6. The predicted octanol–water partition coefficient (Wildman–Crippen LogP) is 3.28. The molecule has 0 radical (unpaired) electrons. The van der Waals surface area contributed by atoms with Gasteiger partial charge in [-0.15, -0.1) is 24.0 Å². The van der Waals surface area contributed by atoms with E-state index in [1.807, 2.05) is 53.8 Å². The highest BCUT2D eigenvalue weighted by Gasteiger charge is 2.25. The summed E-state index contributed by atoms with van der Waals surface area (Å²) in [5.41, 5.74) is -0.0247. The van der Waals surface area contributed by atoms with Crippen LogP contribution in [0.2, 0.25) is 0 Å². The highest BCUT2D eigenvalue weighted by Crippen LogP contribution is 2.16. The van der Waals surface area contributed by atoms with Crippen molar-refractivity contribution < 1.29 is 14.3 Å². The Balaban J connectivity index is 0.00000544. The van der Waals surface area contributed by atoms with Crippen LogP contribution >= 0.6 is 24.0 Å². The molecule has 1 aliphatic heterocycles. The number of pyridine rings is 1. The van der Waals surface area contributed by atoms with Gasteiger partial charge in [-0.1, -0.05) is 6.07 Å². The number of hydrogen-bond donors (Lipinski definition) is 3. The Morgan fingerprint density at radius 1 is 1.27 bits per heavy atom. The van der Waals surface area contributed by atoms with E-state index in [-0.39, 0.29) is 30.1 Å². The number of aliphatic imine (C=N–C) groups is 1. The first-order valence-corrected chi connectivity index (χ1v) is 11.3. The maximum atomic E-state index is 12.1. The van der Waals surface area contributed by atoms with Gasteiger partial charge in [-0.25, -0.2) is 14.8 Å². The summed E-state index contributed by atoms with van der Waals surface area (Å²) in [6.45, 7) is 17.7. The van der Waals surface area contributed by atoms with Gasteiger partial charge >= 0.3 is 6.09 Å². The summed E-state index contributed by atoms with van der Waals surface area (Å²) in [6, 6.07) is 4.10. The first-order chi connectivity index (χ1) is 15.0. The Kier molecular flexibility index (Phi) is 11.7. The normalized spacial score (nSPS) is 17.1. The van der Waals surface area contributed by atoms with Crippen molar-refractivity contribution >= 4 is 41.8 Å². The lowest BCUT2D eigenvalue weighted by Crippen LogP contribution is -2.54. The maximum Gasteiger partial charge on any atom is 0.408 e. The molecular formula is C23H41IN6O3. The number of aromatic nitrogens is 1. The molecule has 1 aliphatic rings. The van der Waals surface area contributed by atoms with E-state index in [4.69, 9.17) is 9.47 Å². The second-order valence-electron chi connectivity index (χ2n) is 9.71. The second-order valence-corrected chi connectivity index (χ2v) is 9.71. The monoisotopic (exact) mass is 576 g/mol. The molecule has 2 rings (SSSR count). The van der Waals surface area contributed by atoms with E-state index in [9.17, 15) is 4.79 Å². The Hall–Kier alpha value is -1.82. The van der Waals surface area contributed by atoms with Crippen LogP contribution in [0, 0.1) is 0 Å². The zero-order valence-corrected chi connectivity index (χ0v) is 23.4. The fourth-order valence-corrected chi connectivity index (χ4v) is 3.16. The van der Waals surface area contributed by atoms with Gasteiger partial charge in [0.15, 0.2) is 5.96 Å². The van der Waals surface area contributed by atoms with Gasteiger partial charge in [-0.3, -0.25) is 0 Å². The topological polar surface area (TPSA) is 100 Å². The van der Waals surface area contributed by atoms with E-state index in [1.165, 1.54) is 0 Å². The lowest BCUT2D eigenvalue weighted by molar-refractivity contribution is 0.0473. The minimum absolute atomic E-state index is 0. The van der Waals surface area contributed by atoms with Crippen LogP contribution in [0.15, 0.2) is 23.3 Å². The molecule has 9 nitrogen and oxygen atoms in total. The Morgan fingerprint density at radius 2 is 2.00 bits per heavy atom. The first kappa shape index (κ1) is 29.2. The van der Waals surface area contributed by atoms with E-state index >= 15 is 0 Å². The van der Waals surface area contributed by atoms with Crippen LogP contribution in [-0.4, -0.2) is 67.1 Å². The zero-order chi connectivity index (χ0) is 23.8. The van der Waals surface area contributed by atoms with E-state index in [0.29, 0.717) is 19.0 Å². The summed E-state index contributed by atoms with van der Waals surface area (Å²) in [6.07, 6.45) is 1.65. The molecule has 1 aromatic rings. The summed E-state index contributed by atoms with van der Waals surface area (Å²) in [5.74, 6) is 1.64. The number of amides is 1. The van der Waals surface area contributed by atoms with Crippen LogP contribution < -0.4 is 20.9 Å². The molecule has 1 aromatic heterocycles. The molecule has 0 spiro atoms. The minimum Gasteiger partial charge on any atom is -0.444 e. The lowest BCUT2D eigenvalue weighted by atomic mass is 10.1. The van der Waals surface area contributed by atoms with Gasteiger partial charge < -0.3 is 30.3 Å². The SMILES string of the molecule is CCNC(=NCc1ccc(N2CCOC(C)C2)nc1)NCC(C)(C)NC(=O)OC(C)(C)C.I. The molecule has 1 amide bonds. The van der Waals surface area contributed by atoms with Crippen molar-refractivity contribution in [1.29, 1.82) is 0 Å². The van der Waals surface area contributed by atoms with Crippen LogP contribution in [-0.2, 0) is 16.0 Å². The fraction of sp³-hybridized carbons (Fsp3) is 0.696. The van der Waals surface area contributed by atoms with Gasteiger partial charge in [0, 0.05) is 32.4 Å². The third kappa shape index (κ3) is 11.2. The Bertz CT molecular complexity index is 764. The molecule has 188 valence electrons. The number of morpholine rings is 1. The van der Waals surface area contributed by atoms with Crippen molar-refractivity contribution in [2.24, 2.45) is 4.99 Å². The van der Waals surface area contributed by atoms with Crippen LogP contribution in [0.1, 0.15) is 54.0 Å². The van der Waals surface area contributed by atoms with Gasteiger partial charge in [0.05, 0.1) is 24.8 Å². The minimum atomic E-state index is -0.534. The molecule has 1 fully saturated rings. The van der Waals surface area contributed by atoms with Crippen LogP contribution in [0.3, 0.4) is 0 Å². The maximum absolute atomic E-state index is 12.1. The summed E-state index contributed by atoms with van der Waals surface area (Å²) in [7, 11) is 0. The second kappa shape index (κ2) is 13.2. The van der Waals surface area contributed by atoms with Crippen molar-refractivity contribution in [3.8, 4) is 0 Å². The highest BCUT2D eigenvalue weighted by molar-refractivity contribution is 14.0. The molecule has 0 aromatic carbocycles. The number of nitrogens with zero attached hydrogens (tertiary/aromatic N) is 3. The van der Waals surface area contributed by atoms with Gasteiger partial charge in [0.2, 0.25) is 0 Å². The van der Waals surface area contributed by atoms with Crippen LogP contribution in [0.25, 0.3) is 0 Å². The third-order valence-electron chi connectivity index (χ3n) is 4.68. The molecular weight excluding hydrogens is 535 g/mol. The molecule has 1 unspecified atom stereocenters. The number of guanidine groups is 1. The van der Waals surface area contributed by atoms with Crippen molar-refractivity contribution in [3.05, 3.63) is 23.9 Å². The smallest absolute Gasteiger partial charge is 0.408 e. The quantitative estimate of drug-likeness (QED) is 0.260. The van der Waals surface area contributed by atoms with Gasteiger partial charge in [-0.05, 0) is 60.1 Å². The van der Waals surface area contributed by atoms with E-state index in [1.54, 1.807) is 0 Å². The molecule has 33 heavy (non-hydrogen) atoms. The van der Waals surface area contributed by atoms with Gasteiger partial charge in [0.25, 0.3) is 0 Å². The van der Waals surface area contributed by atoms with Crippen molar-refractivity contribution in [3.63, 3.8) is 0 Å². The van der Waals surface area contributed by atoms with Crippen molar-refractivity contribution in [1.82, 2.24) is 20.9 Å². The number of halogens is 1. The summed E-state index contributed by atoms with van der Waals surface area (Å²) in [5, 5.41) is 9.43. The van der Waals surface area contributed by atoms with E-state index < -0.39 is 17.2 Å². The highest BCUT2D eigenvalue weighted by atomic mass is 127. The Morgan fingerprint density at radius 3 is 2.58 bits per heavy atom. The molecule has 0 saturated carbocycles. The summed E-state index contributed by atoms with van der Waals surface area (Å²) >= 11 is 0. The molecule has 0 bridgehead atoms. The van der Waals surface area contributed by atoms with Crippen LogP contribution in [0.4, 0.5) is 10.6 Å². The molecule has 1 saturated heterocycles. The number of ether oxygens (including phenoxy) is 2.